The number of carbonyl (C=O) groups excluding carboxylic acids is 6. The first-order valence-corrected chi connectivity index (χ1v) is 28.5. The lowest BCUT2D eigenvalue weighted by molar-refractivity contribution is -0.689. The minimum Gasteiger partial charge on any atom is -0.477 e. The largest absolute Gasteiger partial charge is 0.477 e. The van der Waals surface area contributed by atoms with E-state index in [9.17, 15) is 48.6 Å². The molecule has 4 aliphatic heterocycles. The number of hydrogen-bond acceptors (Lipinski definition) is 21. The van der Waals surface area contributed by atoms with Crippen LogP contribution in [0.4, 0.5) is 10.3 Å². The van der Waals surface area contributed by atoms with Crippen molar-refractivity contribution in [3.8, 4) is 0 Å². The monoisotopic (exact) mass is 1180 g/mol. The van der Waals surface area contributed by atoms with Gasteiger partial charge in [-0.05, 0) is 32.0 Å². The number of hydrogen-bond donors (Lipinski definition) is 6. The predicted octanol–water partition coefficient (Wildman–Crippen LogP) is -0.753. The van der Waals surface area contributed by atoms with Gasteiger partial charge in [-0.1, -0.05) is 10.3 Å². The number of fused-ring (bicyclic) bond motifs is 2. The molecule has 0 radical (unpaired) electrons. The molecule has 0 saturated carbocycles. The highest BCUT2D eigenvalue weighted by molar-refractivity contribution is 8.00. The van der Waals surface area contributed by atoms with Crippen molar-refractivity contribution in [3.63, 3.8) is 0 Å². The number of likely N-dealkylation sites (N-methyl/N-ethyl adjacent to an activating group) is 3. The summed E-state index contributed by atoms with van der Waals surface area (Å²) in [5, 5.41) is 35.4. The number of anilines is 2. The van der Waals surface area contributed by atoms with Crippen LogP contribution in [-0.2, 0) is 74.2 Å². The lowest BCUT2D eigenvalue weighted by Gasteiger charge is -2.49. The van der Waals surface area contributed by atoms with Crippen molar-refractivity contribution in [2.24, 2.45) is 10.3 Å². The smallest absolute Gasteiger partial charge is 0.352 e. The summed E-state index contributed by atoms with van der Waals surface area (Å²) >= 11 is 4.84. The summed E-state index contributed by atoms with van der Waals surface area (Å²) in [5.41, 5.74) is 13.7. The number of thioether (sulfide) groups is 2. The predicted molar refractivity (Wildman–Crippen MR) is 292 cm³/mol. The first-order chi connectivity index (χ1) is 38.3. The lowest BCUT2D eigenvalue weighted by atomic mass is 10.0. The van der Waals surface area contributed by atoms with E-state index in [4.69, 9.17) is 21.1 Å². The molecule has 8 rings (SSSR count). The molecule has 0 spiro atoms. The maximum absolute atomic E-state index is 13.6. The fourth-order valence-electron chi connectivity index (χ4n) is 9.16. The van der Waals surface area contributed by atoms with Crippen LogP contribution in [0.2, 0.25) is 0 Å². The number of oxime groups is 2. The summed E-state index contributed by atoms with van der Waals surface area (Å²) < 4.78 is 3.56. The summed E-state index contributed by atoms with van der Waals surface area (Å²) in [7, 11) is 4.22. The number of aromatic nitrogens is 4. The van der Waals surface area contributed by atoms with Gasteiger partial charge < -0.3 is 51.8 Å². The average Bonchev–Trinajstić information content (AvgIpc) is 4.22. The highest BCUT2D eigenvalue weighted by Crippen LogP contribution is 2.42. The highest BCUT2D eigenvalue weighted by atomic mass is 32.2. The summed E-state index contributed by atoms with van der Waals surface area (Å²) in [6.07, 6.45) is 7.07. The number of aliphatic carboxylic acids is 2. The SMILES string of the molecule is CCN(Cc1cc[n+](CC2=C(C(=O)O)N3C(=O)[C@@H](NC(=O)/C(=N\OC)c4csc(N)n4)[C@H]3SC2)cc1)C(=O)CN(C)CC(=O)N(CC)Cc1cc[n+](CC2=C(C(=O)O)N3C(=O)[C@@H](NC(=O)/C(=N\OC)c4csc(N)n4)[C@H]3SC2)cc1. The molecule has 2 fully saturated rings. The van der Waals surface area contributed by atoms with Gasteiger partial charge in [0.05, 0.1) is 13.1 Å². The third-order valence-electron chi connectivity index (χ3n) is 13.1. The normalized spacial score (nSPS) is 18.9. The number of amides is 6. The Kier molecular flexibility index (Phi) is 18.5. The second-order valence-corrected chi connectivity index (χ2v) is 22.4. The number of carboxylic acids is 2. The zero-order valence-electron chi connectivity index (χ0n) is 43.8. The highest BCUT2D eigenvalue weighted by Gasteiger charge is 2.56. The number of β-lactam (4-membered cyclic amide) rings is 2. The topological polar surface area (TPSA) is 346 Å². The van der Waals surface area contributed by atoms with Crippen LogP contribution in [0.15, 0.2) is 92.7 Å². The number of nitrogens with zero attached hydrogens (tertiary/aromatic N) is 11. The maximum Gasteiger partial charge on any atom is 0.352 e. The molecule has 0 bridgehead atoms. The molecule has 8 heterocycles. The molecule has 6 amide bonds. The van der Waals surface area contributed by atoms with Crippen LogP contribution >= 0.6 is 46.2 Å². The Morgan fingerprint density at radius 1 is 0.688 bits per heavy atom. The Labute approximate surface area is 473 Å². The third kappa shape index (κ3) is 12.7. The Morgan fingerprint density at radius 2 is 1.06 bits per heavy atom. The molecule has 2 saturated heterocycles. The van der Waals surface area contributed by atoms with Gasteiger partial charge in [0.25, 0.3) is 23.6 Å². The summed E-state index contributed by atoms with van der Waals surface area (Å²) in [6.45, 7) is 5.33. The number of nitrogens with one attached hydrogen (secondary N) is 2. The zero-order chi connectivity index (χ0) is 57.5. The van der Waals surface area contributed by atoms with Crippen LogP contribution in [0.3, 0.4) is 0 Å². The Balaban J connectivity index is 0.804. The lowest BCUT2D eigenvalue weighted by Crippen LogP contribution is -2.71. The van der Waals surface area contributed by atoms with Crippen LogP contribution in [0.5, 0.6) is 0 Å². The van der Waals surface area contributed by atoms with Gasteiger partial charge in [-0.2, -0.15) is 0 Å². The molecule has 4 aliphatic rings. The van der Waals surface area contributed by atoms with E-state index in [1.54, 1.807) is 55.7 Å². The van der Waals surface area contributed by atoms with Crippen LogP contribution in [-0.4, -0.2) is 185 Å². The maximum atomic E-state index is 13.6. The summed E-state index contributed by atoms with van der Waals surface area (Å²) in [5.74, 6) is -5.03. The molecule has 4 atom stereocenters. The third-order valence-corrected chi connectivity index (χ3v) is 17.1. The van der Waals surface area contributed by atoms with Gasteiger partial charge in [-0.3, -0.25) is 43.5 Å². The fraction of sp³-hybridized carbons (Fsp3) is 0.388. The van der Waals surface area contributed by atoms with Crippen molar-refractivity contribution in [1.82, 2.24) is 45.1 Å². The second kappa shape index (κ2) is 25.4. The van der Waals surface area contributed by atoms with E-state index >= 15 is 0 Å². The molecule has 31 heteroatoms. The van der Waals surface area contributed by atoms with Crippen molar-refractivity contribution in [2.75, 3.05) is 70.4 Å². The first kappa shape index (κ1) is 58.2. The number of nitrogens with two attached hydrogens (primary N) is 2. The van der Waals surface area contributed by atoms with E-state index in [0.29, 0.717) is 24.2 Å². The van der Waals surface area contributed by atoms with E-state index in [-0.39, 0.29) is 107 Å². The minimum absolute atomic E-state index is 0.0262. The van der Waals surface area contributed by atoms with E-state index < -0.39 is 58.4 Å². The number of thiazole rings is 2. The summed E-state index contributed by atoms with van der Waals surface area (Å²) in [6, 6.07) is 5.27. The van der Waals surface area contributed by atoms with Gasteiger partial charge in [0.2, 0.25) is 11.8 Å². The van der Waals surface area contributed by atoms with Gasteiger partial charge in [0, 0.05) is 83.9 Å². The van der Waals surface area contributed by atoms with E-state index in [1.165, 1.54) is 58.3 Å². The molecule has 0 aromatic carbocycles. The van der Waals surface area contributed by atoms with Gasteiger partial charge in [0.15, 0.2) is 59.6 Å². The molecular weight excluding hydrogens is 1120 g/mol. The number of carboxylic acid groups (broad SMARTS) is 2. The zero-order valence-corrected chi connectivity index (χ0v) is 47.1. The first-order valence-electron chi connectivity index (χ1n) is 24.6. The number of nitrogen functional groups attached to an aromatic ring is 2. The molecule has 27 nitrogen and oxygen atoms in total. The van der Waals surface area contributed by atoms with Crippen molar-refractivity contribution in [2.45, 2.75) is 62.9 Å². The molecule has 0 unspecified atom stereocenters. The van der Waals surface area contributed by atoms with Crippen LogP contribution in [0, 0.1) is 0 Å². The standard InChI is InChI=1S/C49H55N15O12S4/c1-6-61(16-26-8-12-59(13-9-26)18-28-22-77-44-36(42(69)63(44)38(28)46(71)72)54-40(67)34(56-75-4)30-24-79-48(50)52-30)32(65)20-58(3)21-33(66)62(7-2)17-27-10-14-60(15-11-27)19-29-23-78-45-37(43(70)64(45)39(29)47(73)74)55-41(68)35(57-76-5)31-25-80-49(51)53-31/h8-15,24-25,36-37,44-45H,6-7,16-23H2,1-5H3,(H6-2,50,51,52,53,54,55,67,68,71,72,73,74)/p+2/b56-34-,57-35-/t36-,37-,44-,45-/m1/s1. The van der Waals surface area contributed by atoms with E-state index in [2.05, 4.69) is 30.9 Å². The average molecular weight is 1180 g/mol. The summed E-state index contributed by atoms with van der Waals surface area (Å²) in [4.78, 5) is 131. The van der Waals surface area contributed by atoms with Crippen molar-refractivity contribution in [3.05, 3.63) is 105 Å². The molecule has 4 aromatic rings. The fourth-order valence-corrected chi connectivity index (χ4v) is 12.9. The van der Waals surface area contributed by atoms with Crippen molar-refractivity contribution in [1.29, 1.82) is 0 Å². The van der Waals surface area contributed by atoms with E-state index in [1.807, 2.05) is 38.1 Å². The molecule has 422 valence electrons. The van der Waals surface area contributed by atoms with Gasteiger partial charge >= 0.3 is 11.9 Å². The quantitative estimate of drug-likeness (QED) is 0.0217. The Bertz CT molecular complexity index is 3010. The van der Waals surface area contributed by atoms with Crippen molar-refractivity contribution < 1.29 is 67.4 Å². The van der Waals surface area contributed by atoms with Gasteiger partial charge in [-0.25, -0.2) is 28.7 Å². The molecule has 8 N–H and O–H groups in total. The number of pyridine rings is 2. The second-order valence-electron chi connectivity index (χ2n) is 18.4. The molecule has 0 aliphatic carbocycles. The van der Waals surface area contributed by atoms with E-state index in [0.717, 1.165) is 33.8 Å². The van der Waals surface area contributed by atoms with Gasteiger partial charge in [0.1, 0.15) is 59.8 Å². The van der Waals surface area contributed by atoms with Crippen molar-refractivity contribution >= 4 is 115 Å². The number of rotatable bonds is 24. The molecular formula is C49H57N15O12S4+2. The van der Waals surface area contributed by atoms with Crippen LogP contribution in [0.1, 0.15) is 36.4 Å². The Morgan fingerprint density at radius 3 is 1.38 bits per heavy atom. The van der Waals surface area contributed by atoms with Crippen LogP contribution in [0.25, 0.3) is 0 Å². The van der Waals surface area contributed by atoms with Gasteiger partial charge in [-0.15, -0.1) is 46.2 Å². The molecule has 4 aromatic heterocycles. The number of carbonyl (C=O) groups is 8. The minimum atomic E-state index is -1.28. The molecule has 80 heavy (non-hydrogen) atoms. The van der Waals surface area contributed by atoms with Crippen LogP contribution < -0.4 is 31.2 Å². The Hall–Kier alpha value is -8.00.